The largest absolute Gasteiger partial charge is 0.384 e. The smallest absolute Gasteiger partial charge is 0.252 e. The van der Waals surface area contributed by atoms with Gasteiger partial charge in [-0.15, -0.1) is 0 Å². The Kier molecular flexibility index (Phi) is 6.56. The minimum Gasteiger partial charge on any atom is -0.384 e. The van der Waals surface area contributed by atoms with Gasteiger partial charge < -0.3 is 16.0 Å². The van der Waals surface area contributed by atoms with E-state index in [1.807, 2.05) is 30.3 Å². The summed E-state index contributed by atoms with van der Waals surface area (Å²) in [4.78, 5) is 27.0. The maximum atomic E-state index is 11.9. The van der Waals surface area contributed by atoms with Crippen LogP contribution in [0.5, 0.6) is 0 Å². The number of piperidine rings is 1. The second-order valence-corrected chi connectivity index (χ2v) is 7.95. The minimum absolute atomic E-state index is 0.382. The van der Waals surface area contributed by atoms with Crippen LogP contribution in [-0.4, -0.2) is 40.5 Å². The predicted molar refractivity (Wildman–Crippen MR) is 122 cm³/mol. The van der Waals surface area contributed by atoms with Gasteiger partial charge in [0.1, 0.15) is 0 Å². The number of pyridine rings is 1. The zero-order valence-electron chi connectivity index (χ0n) is 17.7. The van der Waals surface area contributed by atoms with Crippen LogP contribution in [0.2, 0.25) is 0 Å². The molecule has 0 spiro atoms. The number of anilines is 2. The maximum Gasteiger partial charge on any atom is 0.252 e. The SMILES string of the molecule is N#Cc1ccc(N2CCCC(CNc3cc(Cc4cnccn4)ncc3C(N)=O)C2)cc1. The molecule has 4 rings (SSSR count). The first-order chi connectivity index (χ1) is 15.6. The molecule has 8 nitrogen and oxygen atoms in total. The van der Waals surface area contributed by atoms with Gasteiger partial charge in [0.15, 0.2) is 0 Å². The van der Waals surface area contributed by atoms with Gasteiger partial charge in [-0.2, -0.15) is 5.26 Å². The first-order valence-electron chi connectivity index (χ1n) is 10.6. The molecule has 3 heterocycles. The highest BCUT2D eigenvalue weighted by atomic mass is 16.1. The number of hydrogen-bond donors (Lipinski definition) is 2. The lowest BCUT2D eigenvalue weighted by molar-refractivity contribution is 0.100. The molecule has 1 unspecified atom stereocenters. The highest BCUT2D eigenvalue weighted by Gasteiger charge is 2.21. The lowest BCUT2D eigenvalue weighted by atomic mass is 9.97. The molecule has 3 aromatic rings. The number of carbonyl (C=O) groups excluding carboxylic acids is 1. The minimum atomic E-state index is -0.506. The van der Waals surface area contributed by atoms with Crippen molar-refractivity contribution in [3.05, 3.63) is 77.6 Å². The third-order valence-electron chi connectivity index (χ3n) is 5.67. The van der Waals surface area contributed by atoms with Gasteiger partial charge in [0.25, 0.3) is 5.91 Å². The molecule has 8 heteroatoms. The Morgan fingerprint density at radius 1 is 1.19 bits per heavy atom. The van der Waals surface area contributed by atoms with Crippen LogP contribution in [0.15, 0.2) is 55.1 Å². The molecule has 2 aromatic heterocycles. The molecule has 1 aliphatic rings. The maximum absolute atomic E-state index is 11.9. The fourth-order valence-electron chi connectivity index (χ4n) is 4.01. The third-order valence-corrected chi connectivity index (χ3v) is 5.67. The van der Waals surface area contributed by atoms with E-state index in [1.54, 1.807) is 18.6 Å². The number of carbonyl (C=O) groups is 1. The number of hydrogen-bond acceptors (Lipinski definition) is 7. The van der Waals surface area contributed by atoms with E-state index in [0.717, 1.165) is 49.6 Å². The lowest BCUT2D eigenvalue weighted by Crippen LogP contribution is -2.38. The molecule has 1 aromatic carbocycles. The average molecular weight is 428 g/mol. The molecule has 1 atom stereocenters. The summed E-state index contributed by atoms with van der Waals surface area (Å²) in [6.45, 7) is 2.62. The van der Waals surface area contributed by atoms with Gasteiger partial charge in [0.05, 0.1) is 28.6 Å². The first kappa shape index (κ1) is 21.2. The van der Waals surface area contributed by atoms with E-state index in [4.69, 9.17) is 11.0 Å². The van der Waals surface area contributed by atoms with Crippen LogP contribution in [0.3, 0.4) is 0 Å². The lowest BCUT2D eigenvalue weighted by Gasteiger charge is -2.34. The standard InChI is InChI=1S/C24H25N7O/c25-12-17-3-5-21(6-4-17)31-9-1-2-18(16-31)13-30-23-11-19(29-15-22(23)24(26)32)10-20-14-27-7-8-28-20/h3-8,11,14-15,18H,1-2,9-10,13,16H2,(H2,26,32)(H,29,30). The number of nitrogens with zero attached hydrogens (tertiary/aromatic N) is 5. The third kappa shape index (κ3) is 5.19. The van der Waals surface area contributed by atoms with E-state index >= 15 is 0 Å². The fourth-order valence-corrected chi connectivity index (χ4v) is 4.01. The number of aromatic nitrogens is 3. The molecular weight excluding hydrogens is 402 g/mol. The molecule has 32 heavy (non-hydrogen) atoms. The van der Waals surface area contributed by atoms with E-state index in [0.29, 0.717) is 29.2 Å². The number of amides is 1. The van der Waals surface area contributed by atoms with Gasteiger partial charge in [0, 0.05) is 62.2 Å². The van der Waals surface area contributed by atoms with Gasteiger partial charge in [0.2, 0.25) is 0 Å². The topological polar surface area (TPSA) is 121 Å². The van der Waals surface area contributed by atoms with Crippen molar-refractivity contribution in [2.24, 2.45) is 11.7 Å². The van der Waals surface area contributed by atoms with Gasteiger partial charge >= 0.3 is 0 Å². The summed E-state index contributed by atoms with van der Waals surface area (Å²) < 4.78 is 0. The quantitative estimate of drug-likeness (QED) is 0.595. The Labute approximate surface area is 187 Å². The van der Waals surface area contributed by atoms with Gasteiger partial charge in [-0.25, -0.2) is 0 Å². The van der Waals surface area contributed by atoms with Gasteiger partial charge in [-0.1, -0.05) is 0 Å². The number of benzene rings is 1. The van der Waals surface area contributed by atoms with Crippen LogP contribution < -0.4 is 16.0 Å². The van der Waals surface area contributed by atoms with Crippen LogP contribution in [0.4, 0.5) is 11.4 Å². The van der Waals surface area contributed by atoms with E-state index in [1.165, 1.54) is 6.20 Å². The molecule has 1 amide bonds. The van der Waals surface area contributed by atoms with Crippen molar-refractivity contribution in [3.8, 4) is 6.07 Å². The monoisotopic (exact) mass is 427 g/mol. The molecule has 1 saturated heterocycles. The molecule has 162 valence electrons. The van der Waals surface area contributed by atoms with Crippen LogP contribution in [0, 0.1) is 17.2 Å². The Morgan fingerprint density at radius 2 is 2.03 bits per heavy atom. The first-order valence-corrected chi connectivity index (χ1v) is 10.6. The van der Waals surface area contributed by atoms with Crippen LogP contribution in [0.25, 0.3) is 0 Å². The summed E-state index contributed by atoms with van der Waals surface area (Å²) in [6, 6.07) is 11.7. The summed E-state index contributed by atoms with van der Waals surface area (Å²) in [5.41, 5.74) is 10.0. The summed E-state index contributed by atoms with van der Waals surface area (Å²) in [7, 11) is 0. The fraction of sp³-hybridized carbons (Fsp3) is 0.292. The molecule has 0 aliphatic carbocycles. The molecule has 0 bridgehead atoms. The Balaban J connectivity index is 1.44. The van der Waals surface area contributed by atoms with Crippen molar-refractivity contribution < 1.29 is 4.79 Å². The van der Waals surface area contributed by atoms with E-state index in [9.17, 15) is 4.79 Å². The second-order valence-electron chi connectivity index (χ2n) is 7.95. The Bertz CT molecular complexity index is 1110. The summed E-state index contributed by atoms with van der Waals surface area (Å²) in [5, 5.41) is 12.4. The Morgan fingerprint density at radius 3 is 2.75 bits per heavy atom. The summed E-state index contributed by atoms with van der Waals surface area (Å²) >= 11 is 0. The Hall–Kier alpha value is -3.99. The molecular formula is C24H25N7O. The second kappa shape index (κ2) is 9.88. The molecule has 3 N–H and O–H groups in total. The van der Waals surface area contributed by atoms with Gasteiger partial charge in [-0.3, -0.25) is 19.7 Å². The number of nitriles is 1. The molecule has 0 radical (unpaired) electrons. The summed E-state index contributed by atoms with van der Waals surface area (Å²) in [6.07, 6.45) is 9.22. The van der Waals surface area contributed by atoms with Crippen LogP contribution in [0.1, 0.15) is 40.2 Å². The zero-order valence-corrected chi connectivity index (χ0v) is 17.7. The molecule has 0 saturated carbocycles. The van der Waals surface area contributed by atoms with Gasteiger partial charge in [-0.05, 0) is 49.1 Å². The van der Waals surface area contributed by atoms with Crippen molar-refractivity contribution in [1.82, 2.24) is 15.0 Å². The number of nitrogens with one attached hydrogen (secondary N) is 1. The number of rotatable bonds is 7. The van der Waals surface area contributed by atoms with Crippen molar-refractivity contribution in [3.63, 3.8) is 0 Å². The highest BCUT2D eigenvalue weighted by molar-refractivity contribution is 5.98. The van der Waals surface area contributed by atoms with Crippen LogP contribution >= 0.6 is 0 Å². The number of primary amides is 1. The average Bonchev–Trinajstić information content (AvgIpc) is 2.83. The van der Waals surface area contributed by atoms with Crippen LogP contribution in [-0.2, 0) is 6.42 Å². The summed E-state index contributed by atoms with van der Waals surface area (Å²) in [5.74, 6) is -0.0920. The zero-order chi connectivity index (χ0) is 22.3. The van der Waals surface area contributed by atoms with E-state index in [-0.39, 0.29) is 0 Å². The van der Waals surface area contributed by atoms with Crippen molar-refractivity contribution in [1.29, 1.82) is 5.26 Å². The number of nitrogens with two attached hydrogens (primary N) is 1. The normalized spacial score (nSPS) is 15.7. The van der Waals surface area contributed by atoms with Crippen molar-refractivity contribution in [2.45, 2.75) is 19.3 Å². The van der Waals surface area contributed by atoms with E-state index in [2.05, 4.69) is 31.2 Å². The molecule has 1 fully saturated rings. The van der Waals surface area contributed by atoms with Crippen molar-refractivity contribution in [2.75, 3.05) is 29.9 Å². The predicted octanol–water partition coefficient (Wildman–Crippen LogP) is 2.76. The van der Waals surface area contributed by atoms with E-state index < -0.39 is 5.91 Å². The highest BCUT2D eigenvalue weighted by Crippen LogP contribution is 2.25. The molecule has 1 aliphatic heterocycles. The van der Waals surface area contributed by atoms with Crippen molar-refractivity contribution >= 4 is 17.3 Å².